The lowest BCUT2D eigenvalue weighted by atomic mass is 10.1. The van der Waals surface area contributed by atoms with Crippen LogP contribution in [0.1, 0.15) is 55.9 Å². The van der Waals surface area contributed by atoms with Gasteiger partial charge in [-0.1, -0.05) is 13.3 Å². The molecule has 0 aliphatic carbocycles. The van der Waals surface area contributed by atoms with E-state index < -0.39 is 5.91 Å². The standard InChI is InChI=1S/C24H31N5O5/c1-6-10-17-14-21(30)27-24(25-17)29-20(11-15(5)28-29)26-23(31)16-12-18(32-7-2)22(34-9-4)19(13-16)33-8-3/h11-14H,6-10H2,1-5H3,(H,26,31)(H,25,27,30). The van der Waals surface area contributed by atoms with Crippen molar-refractivity contribution in [3.8, 4) is 23.2 Å². The van der Waals surface area contributed by atoms with Crippen LogP contribution in [0.25, 0.3) is 5.95 Å². The molecule has 2 aromatic heterocycles. The van der Waals surface area contributed by atoms with Gasteiger partial charge in [-0.15, -0.1) is 0 Å². The molecule has 0 aliphatic rings. The smallest absolute Gasteiger partial charge is 0.257 e. The Labute approximate surface area is 198 Å². The molecule has 0 bridgehead atoms. The van der Waals surface area contributed by atoms with Crippen molar-refractivity contribution in [1.82, 2.24) is 19.7 Å². The van der Waals surface area contributed by atoms with Gasteiger partial charge in [-0.2, -0.15) is 9.78 Å². The molecular weight excluding hydrogens is 438 g/mol. The van der Waals surface area contributed by atoms with Gasteiger partial charge in [0.2, 0.25) is 11.7 Å². The summed E-state index contributed by atoms with van der Waals surface area (Å²) in [6.07, 6.45) is 1.51. The summed E-state index contributed by atoms with van der Waals surface area (Å²) in [5.74, 6) is 1.49. The first-order chi connectivity index (χ1) is 16.4. The van der Waals surface area contributed by atoms with Gasteiger partial charge in [-0.3, -0.25) is 14.6 Å². The first-order valence-electron chi connectivity index (χ1n) is 11.4. The maximum Gasteiger partial charge on any atom is 0.257 e. The monoisotopic (exact) mass is 469 g/mol. The number of anilines is 1. The lowest BCUT2D eigenvalue weighted by Gasteiger charge is -2.17. The number of ether oxygens (including phenoxy) is 3. The van der Waals surface area contributed by atoms with Gasteiger partial charge in [0.1, 0.15) is 5.82 Å². The Morgan fingerprint density at radius 3 is 2.24 bits per heavy atom. The number of aromatic amines is 1. The molecule has 0 saturated carbocycles. The van der Waals surface area contributed by atoms with E-state index in [4.69, 9.17) is 14.2 Å². The van der Waals surface area contributed by atoms with Crippen LogP contribution in [0.4, 0.5) is 5.82 Å². The van der Waals surface area contributed by atoms with Gasteiger partial charge in [0.15, 0.2) is 11.5 Å². The van der Waals surface area contributed by atoms with Gasteiger partial charge in [-0.05, 0) is 46.2 Å². The van der Waals surface area contributed by atoms with Crippen molar-refractivity contribution in [3.63, 3.8) is 0 Å². The number of carbonyl (C=O) groups excluding carboxylic acids is 1. The van der Waals surface area contributed by atoms with Crippen LogP contribution in [0.3, 0.4) is 0 Å². The van der Waals surface area contributed by atoms with E-state index >= 15 is 0 Å². The van der Waals surface area contributed by atoms with Crippen LogP contribution in [0.2, 0.25) is 0 Å². The summed E-state index contributed by atoms with van der Waals surface area (Å²) >= 11 is 0. The third-order valence-corrected chi connectivity index (χ3v) is 4.73. The Balaban J connectivity index is 1.99. The van der Waals surface area contributed by atoms with Crippen LogP contribution in [0.5, 0.6) is 17.2 Å². The number of rotatable bonds is 11. The van der Waals surface area contributed by atoms with E-state index in [1.165, 1.54) is 10.7 Å². The molecule has 0 aliphatic heterocycles. The summed E-state index contributed by atoms with van der Waals surface area (Å²) in [6, 6.07) is 6.39. The van der Waals surface area contributed by atoms with Gasteiger partial charge in [0.05, 0.1) is 25.5 Å². The van der Waals surface area contributed by atoms with Gasteiger partial charge in [0, 0.05) is 23.4 Å². The minimum atomic E-state index is -0.404. The minimum absolute atomic E-state index is 0.232. The number of H-pyrrole nitrogens is 1. The number of aromatic nitrogens is 4. The Kier molecular flexibility index (Phi) is 8.29. The molecule has 10 nitrogen and oxygen atoms in total. The Morgan fingerprint density at radius 2 is 1.65 bits per heavy atom. The molecule has 1 aromatic carbocycles. The molecule has 3 aromatic rings. The van der Waals surface area contributed by atoms with E-state index in [-0.39, 0.29) is 11.5 Å². The molecule has 10 heteroatoms. The molecule has 0 fully saturated rings. The number of aryl methyl sites for hydroxylation is 2. The topological polar surface area (TPSA) is 120 Å². The fraction of sp³-hybridized carbons (Fsp3) is 0.417. The van der Waals surface area contributed by atoms with Crippen molar-refractivity contribution in [2.75, 3.05) is 25.1 Å². The number of benzene rings is 1. The van der Waals surface area contributed by atoms with E-state index in [9.17, 15) is 9.59 Å². The molecule has 34 heavy (non-hydrogen) atoms. The lowest BCUT2D eigenvalue weighted by Crippen LogP contribution is -2.19. The average Bonchev–Trinajstić information content (AvgIpc) is 3.16. The van der Waals surface area contributed by atoms with Crippen LogP contribution in [-0.2, 0) is 6.42 Å². The fourth-order valence-electron chi connectivity index (χ4n) is 3.44. The highest BCUT2D eigenvalue weighted by Crippen LogP contribution is 2.39. The van der Waals surface area contributed by atoms with Crippen LogP contribution < -0.4 is 25.1 Å². The van der Waals surface area contributed by atoms with E-state index in [0.29, 0.717) is 66.3 Å². The SMILES string of the molecule is CCCc1cc(=O)[nH]c(-n2nc(C)cc2NC(=O)c2cc(OCC)c(OCC)c(OCC)c2)n1. The normalized spacial score (nSPS) is 10.7. The van der Waals surface area contributed by atoms with Crippen molar-refractivity contribution < 1.29 is 19.0 Å². The number of nitrogens with zero attached hydrogens (tertiary/aromatic N) is 3. The maximum atomic E-state index is 13.2. The largest absolute Gasteiger partial charge is 0.490 e. The summed E-state index contributed by atoms with van der Waals surface area (Å²) in [6.45, 7) is 10.6. The zero-order valence-corrected chi connectivity index (χ0v) is 20.2. The molecule has 2 heterocycles. The fourth-order valence-corrected chi connectivity index (χ4v) is 3.44. The molecule has 0 unspecified atom stereocenters. The van der Waals surface area contributed by atoms with E-state index in [0.717, 1.165) is 6.42 Å². The van der Waals surface area contributed by atoms with Crippen LogP contribution in [0, 0.1) is 6.92 Å². The summed E-state index contributed by atoms with van der Waals surface area (Å²) in [5.41, 5.74) is 1.34. The zero-order valence-electron chi connectivity index (χ0n) is 20.2. The predicted octanol–water partition coefficient (Wildman–Crippen LogP) is 3.66. The minimum Gasteiger partial charge on any atom is -0.490 e. The summed E-state index contributed by atoms with van der Waals surface area (Å²) < 4.78 is 18.5. The van der Waals surface area contributed by atoms with Crippen molar-refractivity contribution >= 4 is 11.7 Å². The van der Waals surface area contributed by atoms with E-state index in [1.54, 1.807) is 25.1 Å². The molecule has 3 rings (SSSR count). The first kappa shape index (κ1) is 24.8. The molecule has 0 spiro atoms. The number of hydrogen-bond acceptors (Lipinski definition) is 7. The van der Waals surface area contributed by atoms with Gasteiger partial charge < -0.3 is 19.5 Å². The number of nitrogens with one attached hydrogen (secondary N) is 2. The average molecular weight is 470 g/mol. The van der Waals surface area contributed by atoms with Crippen molar-refractivity contribution in [3.05, 3.63) is 51.6 Å². The van der Waals surface area contributed by atoms with Gasteiger partial charge in [-0.25, -0.2) is 4.98 Å². The molecule has 2 N–H and O–H groups in total. The van der Waals surface area contributed by atoms with Gasteiger partial charge in [0.25, 0.3) is 11.5 Å². The molecule has 0 radical (unpaired) electrons. The van der Waals surface area contributed by atoms with E-state index in [2.05, 4.69) is 20.4 Å². The van der Waals surface area contributed by atoms with Crippen LogP contribution >= 0.6 is 0 Å². The number of amides is 1. The Hall–Kier alpha value is -3.82. The molecule has 182 valence electrons. The Morgan fingerprint density at radius 1 is 1.00 bits per heavy atom. The number of hydrogen-bond donors (Lipinski definition) is 2. The highest BCUT2D eigenvalue weighted by Gasteiger charge is 2.20. The molecule has 0 saturated heterocycles. The maximum absolute atomic E-state index is 13.2. The quantitative estimate of drug-likeness (QED) is 0.440. The van der Waals surface area contributed by atoms with E-state index in [1.807, 2.05) is 27.7 Å². The Bertz CT molecular complexity index is 1170. The first-order valence-corrected chi connectivity index (χ1v) is 11.4. The van der Waals surface area contributed by atoms with Gasteiger partial charge >= 0.3 is 0 Å². The molecule has 0 atom stereocenters. The second-order valence-corrected chi connectivity index (χ2v) is 7.45. The predicted molar refractivity (Wildman–Crippen MR) is 129 cm³/mol. The highest BCUT2D eigenvalue weighted by atomic mass is 16.5. The van der Waals surface area contributed by atoms with Crippen molar-refractivity contribution in [1.29, 1.82) is 0 Å². The number of carbonyl (C=O) groups is 1. The zero-order chi connectivity index (χ0) is 24.7. The lowest BCUT2D eigenvalue weighted by molar-refractivity contribution is 0.102. The summed E-state index contributed by atoms with van der Waals surface area (Å²) in [5, 5.41) is 7.26. The third kappa shape index (κ3) is 5.75. The van der Waals surface area contributed by atoms with Crippen LogP contribution in [-0.4, -0.2) is 45.5 Å². The summed E-state index contributed by atoms with van der Waals surface area (Å²) in [4.78, 5) is 32.6. The molecule has 1 amide bonds. The van der Waals surface area contributed by atoms with Crippen molar-refractivity contribution in [2.45, 2.75) is 47.5 Å². The second kappa shape index (κ2) is 11.4. The van der Waals surface area contributed by atoms with Crippen molar-refractivity contribution in [2.24, 2.45) is 0 Å². The molecular formula is C24H31N5O5. The van der Waals surface area contributed by atoms with Crippen LogP contribution in [0.15, 0.2) is 29.1 Å². The summed E-state index contributed by atoms with van der Waals surface area (Å²) in [7, 11) is 0. The highest BCUT2D eigenvalue weighted by molar-refractivity contribution is 6.04. The third-order valence-electron chi connectivity index (χ3n) is 4.73. The second-order valence-electron chi connectivity index (χ2n) is 7.45.